The van der Waals surface area contributed by atoms with Gasteiger partial charge >= 0.3 is 0 Å². The molecule has 90 valence electrons. The van der Waals surface area contributed by atoms with Crippen molar-refractivity contribution in [3.63, 3.8) is 0 Å². The maximum absolute atomic E-state index is 9.54. The van der Waals surface area contributed by atoms with Crippen LogP contribution in [-0.4, -0.2) is 11.7 Å². The zero-order valence-electron chi connectivity index (χ0n) is 10.8. The molecule has 1 aromatic rings. The zero-order valence-corrected chi connectivity index (χ0v) is 10.8. The highest BCUT2D eigenvalue weighted by Gasteiger charge is 2.25. The lowest BCUT2D eigenvalue weighted by molar-refractivity contribution is 0.115. The molecule has 0 heterocycles. The maximum atomic E-state index is 9.54. The van der Waals surface area contributed by atoms with Crippen molar-refractivity contribution in [2.45, 2.75) is 46.5 Å². The van der Waals surface area contributed by atoms with Crippen LogP contribution in [0.3, 0.4) is 0 Å². The minimum absolute atomic E-state index is 0.0771. The van der Waals surface area contributed by atoms with E-state index >= 15 is 0 Å². The predicted molar refractivity (Wildman–Crippen MR) is 69.6 cm³/mol. The molecule has 0 atom stereocenters. The van der Waals surface area contributed by atoms with Crippen molar-refractivity contribution in [3.8, 4) is 0 Å². The Morgan fingerprint density at radius 1 is 0.938 bits per heavy atom. The Bertz CT molecular complexity index is 287. The molecule has 0 amide bonds. The molecule has 1 aromatic carbocycles. The fourth-order valence-corrected chi connectivity index (χ4v) is 2.11. The number of benzene rings is 1. The van der Waals surface area contributed by atoms with Crippen LogP contribution in [0.2, 0.25) is 0 Å². The molecule has 1 rings (SSSR count). The summed E-state index contributed by atoms with van der Waals surface area (Å²) in [6.45, 7) is 6.79. The molecule has 0 saturated heterocycles. The van der Waals surface area contributed by atoms with Crippen LogP contribution in [0.1, 0.15) is 44.7 Å². The first-order chi connectivity index (χ1) is 7.69. The van der Waals surface area contributed by atoms with Gasteiger partial charge in [-0.1, -0.05) is 45.0 Å². The van der Waals surface area contributed by atoms with E-state index in [1.54, 1.807) is 0 Å². The summed E-state index contributed by atoms with van der Waals surface area (Å²) in [7, 11) is 0. The van der Waals surface area contributed by atoms with E-state index in [1.807, 2.05) is 0 Å². The Morgan fingerprint density at radius 2 is 1.44 bits per heavy atom. The van der Waals surface area contributed by atoms with Gasteiger partial charge in [0.25, 0.3) is 0 Å². The van der Waals surface area contributed by atoms with Gasteiger partial charge in [-0.15, -0.1) is 0 Å². The Balaban J connectivity index is 2.77. The zero-order chi connectivity index (χ0) is 12.0. The van der Waals surface area contributed by atoms with Gasteiger partial charge in [-0.05, 0) is 42.2 Å². The Hall–Kier alpha value is -0.820. The molecule has 0 radical (unpaired) electrons. The number of rotatable bonds is 6. The van der Waals surface area contributed by atoms with Crippen LogP contribution in [0.4, 0.5) is 0 Å². The molecule has 0 saturated carbocycles. The van der Waals surface area contributed by atoms with Gasteiger partial charge in [0.1, 0.15) is 0 Å². The van der Waals surface area contributed by atoms with Gasteiger partial charge in [0, 0.05) is 6.61 Å². The Morgan fingerprint density at radius 3 is 1.81 bits per heavy atom. The molecular weight excluding hydrogens is 196 g/mol. The summed E-state index contributed by atoms with van der Waals surface area (Å²) >= 11 is 0. The number of aryl methyl sites for hydroxylation is 1. The SMILES string of the molecule is CCc1ccc(CC(CC)(CC)CO)cc1. The Kier molecular flexibility index (Phi) is 5.01. The van der Waals surface area contributed by atoms with Crippen LogP contribution in [0.5, 0.6) is 0 Å². The molecule has 1 nitrogen and oxygen atoms in total. The van der Waals surface area contributed by atoms with E-state index in [0.717, 1.165) is 25.7 Å². The molecule has 0 bridgehead atoms. The monoisotopic (exact) mass is 220 g/mol. The highest BCUT2D eigenvalue weighted by Crippen LogP contribution is 2.30. The minimum Gasteiger partial charge on any atom is -0.396 e. The first kappa shape index (κ1) is 13.2. The van der Waals surface area contributed by atoms with Gasteiger partial charge < -0.3 is 5.11 Å². The number of hydrogen-bond acceptors (Lipinski definition) is 1. The molecule has 0 spiro atoms. The topological polar surface area (TPSA) is 20.2 Å². The average Bonchev–Trinajstić information content (AvgIpc) is 2.37. The lowest BCUT2D eigenvalue weighted by Gasteiger charge is -2.29. The molecule has 0 fully saturated rings. The molecule has 0 aromatic heterocycles. The highest BCUT2D eigenvalue weighted by molar-refractivity contribution is 5.23. The van der Waals surface area contributed by atoms with Crippen molar-refractivity contribution < 1.29 is 5.11 Å². The van der Waals surface area contributed by atoms with Gasteiger partial charge in [-0.25, -0.2) is 0 Å². The van der Waals surface area contributed by atoms with Crippen LogP contribution in [0.15, 0.2) is 24.3 Å². The molecular formula is C15H24O. The molecule has 16 heavy (non-hydrogen) atoms. The fourth-order valence-electron chi connectivity index (χ4n) is 2.11. The first-order valence-electron chi connectivity index (χ1n) is 6.38. The third kappa shape index (κ3) is 3.08. The fraction of sp³-hybridized carbons (Fsp3) is 0.600. The van der Waals surface area contributed by atoms with E-state index in [-0.39, 0.29) is 12.0 Å². The largest absolute Gasteiger partial charge is 0.396 e. The Labute approximate surface area is 99.5 Å². The second kappa shape index (κ2) is 6.05. The standard InChI is InChI=1S/C15H24O/c1-4-13-7-9-14(10-8-13)11-15(5-2,6-3)12-16/h7-10,16H,4-6,11-12H2,1-3H3. The van der Waals surface area contributed by atoms with E-state index in [4.69, 9.17) is 0 Å². The summed E-state index contributed by atoms with van der Waals surface area (Å²) in [5.74, 6) is 0. The van der Waals surface area contributed by atoms with Crippen molar-refractivity contribution in [3.05, 3.63) is 35.4 Å². The van der Waals surface area contributed by atoms with Crippen LogP contribution >= 0.6 is 0 Å². The van der Waals surface area contributed by atoms with E-state index in [9.17, 15) is 5.11 Å². The van der Waals surface area contributed by atoms with Gasteiger partial charge in [-0.2, -0.15) is 0 Å². The van der Waals surface area contributed by atoms with Gasteiger partial charge in [0.15, 0.2) is 0 Å². The van der Waals surface area contributed by atoms with Crippen LogP contribution in [0.25, 0.3) is 0 Å². The second-order valence-corrected chi connectivity index (χ2v) is 4.71. The summed E-state index contributed by atoms with van der Waals surface area (Å²) < 4.78 is 0. The number of hydrogen-bond donors (Lipinski definition) is 1. The van der Waals surface area contributed by atoms with Crippen LogP contribution < -0.4 is 0 Å². The highest BCUT2D eigenvalue weighted by atomic mass is 16.3. The number of aliphatic hydroxyl groups is 1. The average molecular weight is 220 g/mol. The second-order valence-electron chi connectivity index (χ2n) is 4.71. The third-order valence-electron chi connectivity index (χ3n) is 3.85. The summed E-state index contributed by atoms with van der Waals surface area (Å²) in [6, 6.07) is 8.80. The van der Waals surface area contributed by atoms with Gasteiger partial charge in [0.2, 0.25) is 0 Å². The van der Waals surface area contributed by atoms with Crippen molar-refractivity contribution in [2.24, 2.45) is 5.41 Å². The molecule has 1 heteroatoms. The third-order valence-corrected chi connectivity index (χ3v) is 3.85. The normalized spacial score (nSPS) is 11.8. The lowest BCUT2D eigenvalue weighted by Crippen LogP contribution is -2.26. The summed E-state index contributed by atoms with van der Waals surface area (Å²) in [5.41, 5.74) is 2.80. The van der Waals surface area contributed by atoms with Crippen LogP contribution in [-0.2, 0) is 12.8 Å². The van der Waals surface area contributed by atoms with Crippen molar-refractivity contribution >= 4 is 0 Å². The smallest absolute Gasteiger partial charge is 0.0490 e. The summed E-state index contributed by atoms with van der Waals surface area (Å²) in [6.07, 6.45) is 4.15. The molecule has 1 N–H and O–H groups in total. The summed E-state index contributed by atoms with van der Waals surface area (Å²) in [4.78, 5) is 0. The van der Waals surface area contributed by atoms with Gasteiger partial charge in [0.05, 0.1) is 0 Å². The molecule has 0 aliphatic heterocycles. The van der Waals surface area contributed by atoms with Gasteiger partial charge in [-0.3, -0.25) is 0 Å². The number of aliphatic hydroxyl groups excluding tert-OH is 1. The quantitative estimate of drug-likeness (QED) is 0.776. The van der Waals surface area contributed by atoms with E-state index in [0.29, 0.717) is 0 Å². The minimum atomic E-state index is 0.0771. The predicted octanol–water partition coefficient (Wildman–Crippen LogP) is 3.59. The van der Waals surface area contributed by atoms with E-state index < -0.39 is 0 Å². The first-order valence-corrected chi connectivity index (χ1v) is 6.38. The van der Waals surface area contributed by atoms with Crippen molar-refractivity contribution in [1.29, 1.82) is 0 Å². The summed E-state index contributed by atoms with van der Waals surface area (Å²) in [5, 5.41) is 9.54. The molecule has 0 unspecified atom stereocenters. The van der Waals surface area contributed by atoms with Crippen LogP contribution in [0, 0.1) is 5.41 Å². The lowest BCUT2D eigenvalue weighted by atomic mass is 9.77. The van der Waals surface area contributed by atoms with Crippen molar-refractivity contribution in [2.75, 3.05) is 6.61 Å². The maximum Gasteiger partial charge on any atom is 0.0490 e. The van der Waals surface area contributed by atoms with Crippen molar-refractivity contribution in [1.82, 2.24) is 0 Å². The molecule has 0 aliphatic carbocycles. The van der Waals surface area contributed by atoms with E-state index in [2.05, 4.69) is 45.0 Å². The van der Waals surface area contributed by atoms with E-state index in [1.165, 1.54) is 11.1 Å². The molecule has 0 aliphatic rings.